The van der Waals surface area contributed by atoms with E-state index in [2.05, 4.69) is 10.6 Å². The van der Waals surface area contributed by atoms with E-state index in [1.807, 2.05) is 0 Å². The predicted molar refractivity (Wildman–Crippen MR) is 98.8 cm³/mol. The van der Waals surface area contributed by atoms with Gasteiger partial charge in [0.25, 0.3) is 11.8 Å². The summed E-state index contributed by atoms with van der Waals surface area (Å²) in [5.74, 6) is -1.24. The number of amides is 2. The number of rotatable bonds is 5. The summed E-state index contributed by atoms with van der Waals surface area (Å²) >= 11 is 0. The fourth-order valence-corrected chi connectivity index (χ4v) is 2.41. The van der Waals surface area contributed by atoms with Gasteiger partial charge in [-0.1, -0.05) is 18.2 Å². The molecule has 27 heavy (non-hydrogen) atoms. The van der Waals surface area contributed by atoms with Crippen LogP contribution in [0.1, 0.15) is 31.3 Å². The first kappa shape index (κ1) is 17.9. The third kappa shape index (κ3) is 4.21. The molecule has 136 valence electrons. The molecule has 3 aromatic rings. The number of carbonyl (C=O) groups excluding carboxylic acids is 3. The molecule has 2 amide bonds. The quantitative estimate of drug-likeness (QED) is 0.675. The van der Waals surface area contributed by atoms with Gasteiger partial charge in [0.2, 0.25) is 0 Å². The van der Waals surface area contributed by atoms with Crippen molar-refractivity contribution in [1.82, 2.24) is 0 Å². The maximum absolute atomic E-state index is 12.5. The molecule has 0 aliphatic carbocycles. The molecule has 0 atom stereocenters. The first-order valence-electron chi connectivity index (χ1n) is 8.02. The number of anilines is 2. The Bertz CT molecular complexity index is 980. The van der Waals surface area contributed by atoms with Crippen LogP contribution in [0.5, 0.6) is 0 Å². The van der Waals surface area contributed by atoms with Gasteiger partial charge in [-0.05, 0) is 42.5 Å². The number of nitrogens with one attached hydrogen (secondary N) is 2. The van der Waals surface area contributed by atoms with Crippen molar-refractivity contribution in [2.75, 3.05) is 17.7 Å². The molecule has 0 fully saturated rings. The second kappa shape index (κ2) is 8.01. The normalized spacial score (nSPS) is 10.1. The SMILES string of the molecule is COC(=O)c1ccccc1NC(=O)c1cccc(NC(=O)c2ccco2)c1. The number of hydrogen-bond donors (Lipinski definition) is 2. The van der Waals surface area contributed by atoms with Gasteiger partial charge in [0.15, 0.2) is 5.76 Å². The van der Waals surface area contributed by atoms with E-state index >= 15 is 0 Å². The van der Waals surface area contributed by atoms with Gasteiger partial charge in [-0.15, -0.1) is 0 Å². The monoisotopic (exact) mass is 364 g/mol. The summed E-state index contributed by atoms with van der Waals surface area (Å²) in [5.41, 5.74) is 1.33. The van der Waals surface area contributed by atoms with Crippen LogP contribution in [0.4, 0.5) is 11.4 Å². The Morgan fingerprint density at radius 1 is 0.889 bits per heavy atom. The van der Waals surface area contributed by atoms with Crippen LogP contribution in [0.2, 0.25) is 0 Å². The summed E-state index contributed by atoms with van der Waals surface area (Å²) in [5, 5.41) is 5.33. The van der Waals surface area contributed by atoms with E-state index in [1.54, 1.807) is 48.5 Å². The summed E-state index contributed by atoms with van der Waals surface area (Å²) in [7, 11) is 1.27. The number of methoxy groups -OCH3 is 1. The zero-order valence-electron chi connectivity index (χ0n) is 14.4. The minimum absolute atomic E-state index is 0.164. The molecule has 0 spiro atoms. The largest absolute Gasteiger partial charge is 0.465 e. The molecule has 0 saturated heterocycles. The highest BCUT2D eigenvalue weighted by Gasteiger charge is 2.15. The van der Waals surface area contributed by atoms with Gasteiger partial charge in [-0.25, -0.2) is 4.79 Å². The molecule has 0 aliphatic rings. The molecule has 0 unspecified atom stereocenters. The van der Waals surface area contributed by atoms with Crippen molar-refractivity contribution in [2.45, 2.75) is 0 Å². The van der Waals surface area contributed by atoms with Gasteiger partial charge in [0.1, 0.15) is 0 Å². The van der Waals surface area contributed by atoms with Gasteiger partial charge in [0, 0.05) is 11.3 Å². The lowest BCUT2D eigenvalue weighted by Crippen LogP contribution is -2.16. The van der Waals surface area contributed by atoms with Crippen LogP contribution in [-0.4, -0.2) is 24.9 Å². The Hall–Kier alpha value is -3.87. The lowest BCUT2D eigenvalue weighted by atomic mass is 10.1. The van der Waals surface area contributed by atoms with Crippen molar-refractivity contribution in [3.8, 4) is 0 Å². The number of esters is 1. The third-order valence-electron chi connectivity index (χ3n) is 3.71. The minimum atomic E-state index is -0.551. The number of para-hydroxylation sites is 1. The van der Waals surface area contributed by atoms with Gasteiger partial charge in [-0.3, -0.25) is 9.59 Å². The van der Waals surface area contributed by atoms with E-state index in [4.69, 9.17) is 9.15 Å². The van der Waals surface area contributed by atoms with Crippen molar-refractivity contribution >= 4 is 29.2 Å². The van der Waals surface area contributed by atoms with E-state index < -0.39 is 17.8 Å². The molecule has 2 N–H and O–H groups in total. The first-order valence-corrected chi connectivity index (χ1v) is 8.02. The maximum atomic E-state index is 12.5. The Morgan fingerprint density at radius 3 is 2.44 bits per heavy atom. The van der Waals surface area contributed by atoms with Crippen molar-refractivity contribution in [3.63, 3.8) is 0 Å². The molecule has 0 saturated carbocycles. The van der Waals surface area contributed by atoms with Crippen LogP contribution >= 0.6 is 0 Å². The van der Waals surface area contributed by atoms with Gasteiger partial charge >= 0.3 is 5.97 Å². The predicted octanol–water partition coefficient (Wildman–Crippen LogP) is 3.57. The minimum Gasteiger partial charge on any atom is -0.465 e. The van der Waals surface area contributed by atoms with Gasteiger partial charge in [-0.2, -0.15) is 0 Å². The number of furan rings is 1. The standard InChI is InChI=1S/C20H16N2O5/c1-26-20(25)15-8-2-3-9-16(15)22-18(23)13-6-4-7-14(12-13)21-19(24)17-10-5-11-27-17/h2-12H,1H3,(H,21,24)(H,22,23). The van der Waals surface area contributed by atoms with Gasteiger partial charge < -0.3 is 19.8 Å². The smallest absolute Gasteiger partial charge is 0.339 e. The Morgan fingerprint density at radius 2 is 1.70 bits per heavy atom. The molecule has 1 aromatic heterocycles. The van der Waals surface area contributed by atoms with Crippen molar-refractivity contribution in [2.24, 2.45) is 0 Å². The zero-order chi connectivity index (χ0) is 19.2. The van der Waals surface area contributed by atoms with Crippen LogP contribution in [-0.2, 0) is 4.74 Å². The highest BCUT2D eigenvalue weighted by Crippen LogP contribution is 2.19. The van der Waals surface area contributed by atoms with Crippen LogP contribution in [0.15, 0.2) is 71.3 Å². The second-order valence-corrected chi connectivity index (χ2v) is 5.50. The fourth-order valence-electron chi connectivity index (χ4n) is 2.41. The summed E-state index contributed by atoms with van der Waals surface area (Å²) in [4.78, 5) is 36.4. The molecule has 7 nitrogen and oxygen atoms in total. The van der Waals surface area contributed by atoms with Crippen LogP contribution in [0.25, 0.3) is 0 Å². The summed E-state index contributed by atoms with van der Waals surface area (Å²) < 4.78 is 9.75. The highest BCUT2D eigenvalue weighted by molar-refractivity contribution is 6.09. The number of ether oxygens (including phenoxy) is 1. The molecule has 3 rings (SSSR count). The van der Waals surface area contributed by atoms with Crippen molar-refractivity contribution in [1.29, 1.82) is 0 Å². The van der Waals surface area contributed by atoms with E-state index in [1.165, 1.54) is 25.5 Å². The van der Waals surface area contributed by atoms with Crippen molar-refractivity contribution < 1.29 is 23.5 Å². The number of carbonyl (C=O) groups is 3. The van der Waals surface area contributed by atoms with Crippen LogP contribution < -0.4 is 10.6 Å². The number of hydrogen-bond acceptors (Lipinski definition) is 5. The van der Waals surface area contributed by atoms with Crippen LogP contribution in [0.3, 0.4) is 0 Å². The molecule has 0 bridgehead atoms. The average Bonchev–Trinajstić information content (AvgIpc) is 3.23. The van der Waals surface area contributed by atoms with Crippen LogP contribution in [0, 0.1) is 0 Å². The molecule has 2 aromatic carbocycles. The second-order valence-electron chi connectivity index (χ2n) is 5.50. The molecule has 0 aliphatic heterocycles. The van der Waals surface area contributed by atoms with E-state index in [0.717, 1.165) is 0 Å². The zero-order valence-corrected chi connectivity index (χ0v) is 14.4. The molecule has 1 heterocycles. The van der Waals surface area contributed by atoms with E-state index in [-0.39, 0.29) is 11.3 Å². The lowest BCUT2D eigenvalue weighted by molar-refractivity contribution is 0.0601. The average molecular weight is 364 g/mol. The van der Waals surface area contributed by atoms with E-state index in [9.17, 15) is 14.4 Å². The topological polar surface area (TPSA) is 97.6 Å². The van der Waals surface area contributed by atoms with E-state index in [0.29, 0.717) is 16.9 Å². The van der Waals surface area contributed by atoms with Gasteiger partial charge in [0.05, 0.1) is 24.6 Å². The Kier molecular flexibility index (Phi) is 5.32. The summed E-state index contributed by atoms with van der Waals surface area (Å²) in [6, 6.07) is 16.1. The molecular weight excluding hydrogens is 348 g/mol. The molecule has 0 radical (unpaired) electrons. The van der Waals surface area contributed by atoms with Crippen molar-refractivity contribution in [3.05, 3.63) is 83.8 Å². The third-order valence-corrected chi connectivity index (χ3v) is 3.71. The lowest BCUT2D eigenvalue weighted by Gasteiger charge is -2.10. The molecule has 7 heteroatoms. The maximum Gasteiger partial charge on any atom is 0.339 e. The fraction of sp³-hybridized carbons (Fsp3) is 0.0500. The molecular formula is C20H16N2O5. The summed E-state index contributed by atoms with van der Waals surface area (Å²) in [6.07, 6.45) is 1.40. The highest BCUT2D eigenvalue weighted by atomic mass is 16.5. The Balaban J connectivity index is 1.76. The summed E-state index contributed by atoms with van der Waals surface area (Å²) in [6.45, 7) is 0. The number of benzene rings is 2. The Labute approximate surface area is 154 Å². The first-order chi connectivity index (χ1) is 13.1.